The van der Waals surface area contributed by atoms with E-state index in [2.05, 4.69) is 11.1 Å². The number of piperazine rings is 1. The highest BCUT2D eigenvalue weighted by Gasteiger charge is 2.26. The molecule has 0 aromatic heterocycles. The summed E-state index contributed by atoms with van der Waals surface area (Å²) in [4.78, 5) is 20.3. The molecule has 7 nitrogen and oxygen atoms in total. The van der Waals surface area contributed by atoms with E-state index >= 15 is 0 Å². The number of carbonyl (C=O) groups is 1. The van der Waals surface area contributed by atoms with Crippen LogP contribution in [0.2, 0.25) is 0 Å². The lowest BCUT2D eigenvalue weighted by atomic mass is 10.1. The number of carbonyl (C=O) groups excluding carboxylic acids is 1. The minimum atomic E-state index is -0.478. The van der Waals surface area contributed by atoms with Gasteiger partial charge in [-0.3, -0.25) is 4.99 Å². The van der Waals surface area contributed by atoms with E-state index in [1.54, 1.807) is 4.90 Å². The van der Waals surface area contributed by atoms with Crippen molar-refractivity contribution in [2.45, 2.75) is 39.7 Å². The van der Waals surface area contributed by atoms with Crippen molar-refractivity contribution in [3.63, 3.8) is 0 Å². The lowest BCUT2D eigenvalue weighted by Gasteiger charge is -2.36. The highest BCUT2D eigenvalue weighted by Crippen LogP contribution is 2.14. The highest BCUT2D eigenvalue weighted by atomic mass is 16.6. The molecule has 1 amide bonds. The zero-order valence-electron chi connectivity index (χ0n) is 16.9. The van der Waals surface area contributed by atoms with Crippen LogP contribution in [0.4, 0.5) is 4.79 Å². The molecule has 1 aliphatic rings. The first-order valence-corrected chi connectivity index (χ1v) is 9.53. The van der Waals surface area contributed by atoms with Gasteiger partial charge in [0.05, 0.1) is 6.61 Å². The molecule has 0 unspecified atom stereocenters. The van der Waals surface area contributed by atoms with Crippen molar-refractivity contribution in [3.8, 4) is 5.75 Å². The Morgan fingerprint density at radius 2 is 1.85 bits per heavy atom. The summed E-state index contributed by atoms with van der Waals surface area (Å²) in [7, 11) is 0. The van der Waals surface area contributed by atoms with Crippen LogP contribution in [0.25, 0.3) is 0 Å². The predicted octanol–water partition coefficient (Wildman–Crippen LogP) is 2.50. The van der Waals surface area contributed by atoms with Crippen molar-refractivity contribution in [2.75, 3.05) is 39.3 Å². The van der Waals surface area contributed by atoms with Gasteiger partial charge in [-0.1, -0.05) is 12.1 Å². The van der Waals surface area contributed by atoms with E-state index in [1.807, 2.05) is 50.8 Å². The minimum Gasteiger partial charge on any atom is -0.494 e. The molecule has 1 fully saturated rings. The van der Waals surface area contributed by atoms with Gasteiger partial charge in [-0.15, -0.1) is 0 Å². The molecule has 0 aliphatic carbocycles. The molecule has 2 rings (SSSR count). The third-order valence-electron chi connectivity index (χ3n) is 4.14. The predicted molar refractivity (Wildman–Crippen MR) is 107 cm³/mol. The van der Waals surface area contributed by atoms with E-state index in [0.717, 1.165) is 12.2 Å². The van der Waals surface area contributed by atoms with Crippen molar-refractivity contribution in [1.82, 2.24) is 9.80 Å². The zero-order valence-corrected chi connectivity index (χ0v) is 16.9. The summed E-state index contributed by atoms with van der Waals surface area (Å²) in [5, 5.41) is 0. The fourth-order valence-corrected chi connectivity index (χ4v) is 2.80. The van der Waals surface area contributed by atoms with E-state index in [9.17, 15) is 4.79 Å². The third kappa shape index (κ3) is 7.00. The van der Waals surface area contributed by atoms with Gasteiger partial charge in [0, 0.05) is 32.7 Å². The van der Waals surface area contributed by atoms with E-state index in [1.165, 1.54) is 5.56 Å². The SMILES string of the molecule is CCOc1cccc(CCN=C(N)N2CCN(C(=O)OC(C)(C)C)CC2)c1. The number of nitrogens with zero attached hydrogens (tertiary/aromatic N) is 3. The highest BCUT2D eigenvalue weighted by molar-refractivity contribution is 5.78. The van der Waals surface area contributed by atoms with Crippen LogP contribution in [0.1, 0.15) is 33.3 Å². The van der Waals surface area contributed by atoms with Gasteiger partial charge >= 0.3 is 6.09 Å². The van der Waals surface area contributed by atoms with Crippen molar-refractivity contribution in [2.24, 2.45) is 10.7 Å². The van der Waals surface area contributed by atoms with Crippen LogP contribution in [-0.2, 0) is 11.2 Å². The Hall–Kier alpha value is -2.44. The van der Waals surface area contributed by atoms with Crippen LogP contribution in [0.3, 0.4) is 0 Å². The summed E-state index contributed by atoms with van der Waals surface area (Å²) in [5.41, 5.74) is 6.83. The molecule has 1 saturated heterocycles. The molecule has 27 heavy (non-hydrogen) atoms. The molecule has 7 heteroatoms. The molecule has 1 aromatic carbocycles. The Kier molecular flexibility index (Phi) is 7.33. The minimum absolute atomic E-state index is 0.271. The van der Waals surface area contributed by atoms with Crippen LogP contribution >= 0.6 is 0 Å². The van der Waals surface area contributed by atoms with Crippen molar-refractivity contribution >= 4 is 12.1 Å². The monoisotopic (exact) mass is 376 g/mol. The van der Waals surface area contributed by atoms with Gasteiger partial charge in [-0.2, -0.15) is 0 Å². The Morgan fingerprint density at radius 3 is 2.48 bits per heavy atom. The first-order valence-electron chi connectivity index (χ1n) is 9.53. The van der Waals surface area contributed by atoms with E-state index in [4.69, 9.17) is 15.2 Å². The molecule has 0 spiro atoms. The van der Waals surface area contributed by atoms with Gasteiger partial charge in [0.15, 0.2) is 5.96 Å². The number of nitrogens with two attached hydrogens (primary N) is 1. The first-order chi connectivity index (χ1) is 12.8. The number of amides is 1. The largest absolute Gasteiger partial charge is 0.494 e. The maximum absolute atomic E-state index is 12.1. The van der Waals surface area contributed by atoms with Crippen LogP contribution in [0, 0.1) is 0 Å². The number of benzene rings is 1. The number of rotatable bonds is 5. The Balaban J connectivity index is 1.79. The standard InChI is InChI=1S/C20H32N4O3/c1-5-26-17-8-6-7-16(15-17)9-10-22-18(21)23-11-13-24(14-12-23)19(25)27-20(2,3)4/h6-8,15H,5,9-14H2,1-4H3,(H2,21,22). The Labute approximate surface area is 162 Å². The second-order valence-corrected chi connectivity index (χ2v) is 7.52. The summed E-state index contributed by atoms with van der Waals surface area (Å²) < 4.78 is 10.9. The second-order valence-electron chi connectivity index (χ2n) is 7.52. The summed E-state index contributed by atoms with van der Waals surface area (Å²) in [6.45, 7) is 11.4. The third-order valence-corrected chi connectivity index (χ3v) is 4.14. The normalized spacial score (nSPS) is 15.6. The topological polar surface area (TPSA) is 80.4 Å². The summed E-state index contributed by atoms with van der Waals surface area (Å²) in [6, 6.07) is 8.04. The number of aliphatic imine (C=N–C) groups is 1. The Morgan fingerprint density at radius 1 is 1.19 bits per heavy atom. The molecule has 1 aliphatic heterocycles. The summed E-state index contributed by atoms with van der Waals surface area (Å²) >= 11 is 0. The number of hydrogen-bond donors (Lipinski definition) is 1. The van der Waals surface area contributed by atoms with Crippen LogP contribution in [0.15, 0.2) is 29.3 Å². The molecule has 0 saturated carbocycles. The van der Waals surface area contributed by atoms with Crippen LogP contribution in [-0.4, -0.2) is 66.8 Å². The zero-order chi connectivity index (χ0) is 19.9. The van der Waals surface area contributed by atoms with Gasteiger partial charge < -0.3 is 25.0 Å². The fraction of sp³-hybridized carbons (Fsp3) is 0.600. The maximum Gasteiger partial charge on any atom is 0.410 e. The molecule has 0 bridgehead atoms. The van der Waals surface area contributed by atoms with Crippen LogP contribution < -0.4 is 10.5 Å². The number of hydrogen-bond acceptors (Lipinski definition) is 4. The van der Waals surface area contributed by atoms with Gasteiger partial charge in [-0.05, 0) is 51.8 Å². The number of ether oxygens (including phenoxy) is 2. The molecular weight excluding hydrogens is 344 g/mol. The second kappa shape index (κ2) is 9.48. The van der Waals surface area contributed by atoms with Gasteiger partial charge in [0.2, 0.25) is 0 Å². The average molecular weight is 377 g/mol. The molecule has 2 N–H and O–H groups in total. The van der Waals surface area contributed by atoms with Gasteiger partial charge in [0.1, 0.15) is 11.4 Å². The average Bonchev–Trinajstić information content (AvgIpc) is 2.61. The molecule has 1 aromatic rings. The molecule has 150 valence electrons. The van der Waals surface area contributed by atoms with Crippen molar-refractivity contribution in [1.29, 1.82) is 0 Å². The summed E-state index contributed by atoms with van der Waals surface area (Å²) in [6.07, 6.45) is 0.534. The van der Waals surface area contributed by atoms with E-state index in [0.29, 0.717) is 45.3 Å². The van der Waals surface area contributed by atoms with Gasteiger partial charge in [-0.25, -0.2) is 4.79 Å². The van der Waals surface area contributed by atoms with Crippen molar-refractivity contribution < 1.29 is 14.3 Å². The first kappa shape index (κ1) is 20.9. The molecule has 1 heterocycles. The molecule has 0 atom stereocenters. The smallest absolute Gasteiger partial charge is 0.410 e. The Bertz CT molecular complexity index is 647. The quantitative estimate of drug-likeness (QED) is 0.631. The van der Waals surface area contributed by atoms with Crippen molar-refractivity contribution in [3.05, 3.63) is 29.8 Å². The molecular formula is C20H32N4O3. The van der Waals surface area contributed by atoms with E-state index < -0.39 is 5.60 Å². The maximum atomic E-state index is 12.1. The lowest BCUT2D eigenvalue weighted by Crippen LogP contribution is -2.53. The lowest BCUT2D eigenvalue weighted by molar-refractivity contribution is 0.0186. The fourth-order valence-electron chi connectivity index (χ4n) is 2.80. The number of guanidine groups is 1. The molecule has 0 radical (unpaired) electrons. The van der Waals surface area contributed by atoms with Gasteiger partial charge in [0.25, 0.3) is 0 Å². The van der Waals surface area contributed by atoms with E-state index in [-0.39, 0.29) is 6.09 Å². The van der Waals surface area contributed by atoms with Crippen LogP contribution in [0.5, 0.6) is 5.75 Å². The summed E-state index contributed by atoms with van der Waals surface area (Å²) in [5.74, 6) is 1.41.